The van der Waals surface area contributed by atoms with Crippen LogP contribution in [0.5, 0.6) is 0 Å². The maximum Gasteiger partial charge on any atom is 0.188 e. The summed E-state index contributed by atoms with van der Waals surface area (Å²) in [6.45, 7) is 4.20. The van der Waals surface area contributed by atoms with Crippen molar-refractivity contribution in [2.24, 2.45) is 0 Å². The summed E-state index contributed by atoms with van der Waals surface area (Å²) >= 11 is 8.76. The lowest BCUT2D eigenvalue weighted by Crippen LogP contribution is -1.94. The monoisotopic (exact) mass is 410 g/mol. The Bertz CT molecular complexity index is 773. The summed E-state index contributed by atoms with van der Waals surface area (Å²) in [5.74, 6) is 0. The summed E-state index contributed by atoms with van der Waals surface area (Å²) < 4.78 is 3.31. The summed E-state index contributed by atoms with van der Waals surface area (Å²) in [4.78, 5) is 4.62. The van der Waals surface area contributed by atoms with Crippen LogP contribution >= 0.6 is 43.2 Å². The number of aryl methyl sites for hydroxylation is 2. The molecule has 1 heterocycles. The fraction of sp³-hybridized carbons (Fsp3) is 0.133. The highest BCUT2D eigenvalue weighted by Crippen LogP contribution is 2.34. The van der Waals surface area contributed by atoms with Crippen LogP contribution in [0.2, 0.25) is 0 Å². The molecule has 102 valence electrons. The molecule has 0 aliphatic rings. The van der Waals surface area contributed by atoms with E-state index in [0.717, 1.165) is 25.3 Å². The van der Waals surface area contributed by atoms with Crippen LogP contribution in [-0.2, 0) is 0 Å². The zero-order valence-electron chi connectivity index (χ0n) is 11.0. The second-order valence-electron chi connectivity index (χ2n) is 4.69. The topological polar surface area (TPSA) is 24.9 Å². The number of nitrogens with one attached hydrogen (secondary N) is 1. The van der Waals surface area contributed by atoms with Crippen molar-refractivity contribution in [1.82, 2.24) is 4.98 Å². The van der Waals surface area contributed by atoms with Crippen molar-refractivity contribution >= 4 is 64.2 Å². The van der Waals surface area contributed by atoms with E-state index < -0.39 is 0 Å². The van der Waals surface area contributed by atoms with E-state index in [1.165, 1.54) is 15.8 Å². The Morgan fingerprint density at radius 3 is 2.65 bits per heavy atom. The highest BCUT2D eigenvalue weighted by atomic mass is 79.9. The maximum absolute atomic E-state index is 4.62. The molecule has 1 aromatic heterocycles. The first kappa shape index (κ1) is 14.0. The minimum atomic E-state index is 0.908. The maximum atomic E-state index is 4.62. The Labute approximate surface area is 138 Å². The SMILES string of the molecule is Cc1cc(C)c(Nc2nc3ccc(Br)cc3s2)c(Br)c1. The Balaban J connectivity index is 2.01. The van der Waals surface area contributed by atoms with Gasteiger partial charge in [-0.15, -0.1) is 0 Å². The lowest BCUT2D eigenvalue weighted by Gasteiger charge is -2.10. The molecule has 0 saturated heterocycles. The standard InChI is InChI=1S/C15H12Br2N2S/c1-8-5-9(2)14(11(17)6-8)19-15-18-12-4-3-10(16)7-13(12)20-15/h3-7H,1-2H3,(H,18,19). The number of nitrogens with zero attached hydrogens (tertiary/aromatic N) is 1. The van der Waals surface area contributed by atoms with E-state index in [-0.39, 0.29) is 0 Å². The molecular weight excluding hydrogens is 400 g/mol. The van der Waals surface area contributed by atoms with Gasteiger partial charge in [-0.2, -0.15) is 0 Å². The van der Waals surface area contributed by atoms with Crippen LogP contribution in [0, 0.1) is 13.8 Å². The van der Waals surface area contributed by atoms with E-state index in [0.29, 0.717) is 0 Å². The Morgan fingerprint density at radius 2 is 1.90 bits per heavy atom. The molecule has 2 nitrogen and oxygen atoms in total. The van der Waals surface area contributed by atoms with Gasteiger partial charge in [-0.1, -0.05) is 33.3 Å². The number of benzene rings is 2. The van der Waals surface area contributed by atoms with Crippen LogP contribution in [0.1, 0.15) is 11.1 Å². The van der Waals surface area contributed by atoms with Gasteiger partial charge < -0.3 is 5.32 Å². The second kappa shape index (κ2) is 5.47. The zero-order chi connectivity index (χ0) is 14.3. The van der Waals surface area contributed by atoms with Crippen molar-refractivity contribution in [2.45, 2.75) is 13.8 Å². The molecule has 0 amide bonds. The molecule has 0 spiro atoms. The van der Waals surface area contributed by atoms with E-state index in [9.17, 15) is 0 Å². The van der Waals surface area contributed by atoms with Crippen molar-refractivity contribution in [2.75, 3.05) is 5.32 Å². The molecule has 2 aromatic carbocycles. The highest BCUT2D eigenvalue weighted by molar-refractivity contribution is 9.10. The molecule has 0 unspecified atom stereocenters. The van der Waals surface area contributed by atoms with Gasteiger partial charge in [0, 0.05) is 8.95 Å². The quantitative estimate of drug-likeness (QED) is 0.544. The van der Waals surface area contributed by atoms with E-state index in [2.05, 4.69) is 74.2 Å². The smallest absolute Gasteiger partial charge is 0.188 e. The molecular formula is C15H12Br2N2S. The zero-order valence-corrected chi connectivity index (χ0v) is 15.0. The van der Waals surface area contributed by atoms with Gasteiger partial charge in [0.25, 0.3) is 0 Å². The van der Waals surface area contributed by atoms with Crippen molar-refractivity contribution in [3.05, 3.63) is 50.4 Å². The number of thiazole rings is 1. The Morgan fingerprint density at radius 1 is 1.10 bits per heavy atom. The van der Waals surface area contributed by atoms with Gasteiger partial charge in [-0.25, -0.2) is 4.98 Å². The molecule has 3 rings (SSSR count). The molecule has 1 N–H and O–H groups in total. The van der Waals surface area contributed by atoms with Crippen molar-refractivity contribution in [1.29, 1.82) is 0 Å². The predicted octanol–water partition coefficient (Wildman–Crippen LogP) is 6.18. The normalized spacial score (nSPS) is 11.0. The number of halogens is 2. The molecule has 20 heavy (non-hydrogen) atoms. The van der Waals surface area contributed by atoms with Gasteiger partial charge in [0.15, 0.2) is 5.13 Å². The van der Waals surface area contributed by atoms with E-state index in [4.69, 9.17) is 0 Å². The molecule has 0 bridgehead atoms. The summed E-state index contributed by atoms with van der Waals surface area (Å²) in [6.07, 6.45) is 0. The fourth-order valence-corrected chi connectivity index (χ4v) is 4.33. The number of fused-ring (bicyclic) bond motifs is 1. The third-order valence-corrected chi connectivity index (χ3v) is 5.07. The van der Waals surface area contributed by atoms with Gasteiger partial charge in [0.2, 0.25) is 0 Å². The van der Waals surface area contributed by atoms with E-state index >= 15 is 0 Å². The Hall–Kier alpha value is -0.910. The van der Waals surface area contributed by atoms with Crippen LogP contribution in [0.3, 0.4) is 0 Å². The molecule has 3 aromatic rings. The van der Waals surface area contributed by atoms with E-state index in [1.807, 2.05) is 12.1 Å². The summed E-state index contributed by atoms with van der Waals surface area (Å²) in [6, 6.07) is 10.4. The molecule has 0 aliphatic carbocycles. The van der Waals surface area contributed by atoms with Gasteiger partial charge in [0.1, 0.15) is 0 Å². The van der Waals surface area contributed by atoms with Gasteiger partial charge in [-0.3, -0.25) is 0 Å². The van der Waals surface area contributed by atoms with Crippen molar-refractivity contribution in [3.63, 3.8) is 0 Å². The first-order chi connectivity index (χ1) is 9.52. The van der Waals surface area contributed by atoms with Gasteiger partial charge in [-0.05, 0) is 65.2 Å². The average molecular weight is 412 g/mol. The summed E-state index contributed by atoms with van der Waals surface area (Å²) in [5, 5.41) is 4.33. The lowest BCUT2D eigenvalue weighted by molar-refractivity contribution is 1.34. The minimum absolute atomic E-state index is 0.908. The first-order valence-corrected chi connectivity index (χ1v) is 8.53. The number of hydrogen-bond donors (Lipinski definition) is 1. The Kier molecular flexibility index (Phi) is 3.84. The summed E-state index contributed by atoms with van der Waals surface area (Å²) in [5.41, 5.74) is 4.54. The third kappa shape index (κ3) is 2.75. The third-order valence-electron chi connectivity index (χ3n) is 3.01. The van der Waals surface area contributed by atoms with Crippen molar-refractivity contribution in [3.8, 4) is 0 Å². The van der Waals surface area contributed by atoms with Crippen LogP contribution < -0.4 is 5.32 Å². The molecule has 0 fully saturated rings. The van der Waals surface area contributed by atoms with Crippen LogP contribution in [0.4, 0.5) is 10.8 Å². The highest BCUT2D eigenvalue weighted by Gasteiger charge is 2.09. The largest absolute Gasteiger partial charge is 0.330 e. The van der Waals surface area contributed by atoms with Crippen LogP contribution in [0.15, 0.2) is 39.3 Å². The minimum Gasteiger partial charge on any atom is -0.330 e. The lowest BCUT2D eigenvalue weighted by atomic mass is 10.1. The van der Waals surface area contributed by atoms with Gasteiger partial charge >= 0.3 is 0 Å². The number of anilines is 2. The molecule has 5 heteroatoms. The molecule has 0 radical (unpaired) electrons. The van der Waals surface area contributed by atoms with Crippen LogP contribution in [0.25, 0.3) is 10.2 Å². The van der Waals surface area contributed by atoms with Gasteiger partial charge in [0.05, 0.1) is 15.9 Å². The molecule has 0 aliphatic heterocycles. The predicted molar refractivity (Wildman–Crippen MR) is 94.2 cm³/mol. The first-order valence-electron chi connectivity index (χ1n) is 6.13. The second-order valence-corrected chi connectivity index (χ2v) is 7.50. The molecule has 0 saturated carbocycles. The summed E-state index contributed by atoms with van der Waals surface area (Å²) in [7, 11) is 0. The average Bonchev–Trinajstić information content (AvgIpc) is 2.75. The van der Waals surface area contributed by atoms with E-state index in [1.54, 1.807) is 11.3 Å². The molecule has 0 atom stereocenters. The number of aromatic nitrogens is 1. The number of hydrogen-bond acceptors (Lipinski definition) is 3. The number of rotatable bonds is 2. The fourth-order valence-electron chi connectivity index (χ4n) is 2.13. The van der Waals surface area contributed by atoms with Crippen molar-refractivity contribution < 1.29 is 0 Å². The van der Waals surface area contributed by atoms with Crippen LogP contribution in [-0.4, -0.2) is 4.98 Å².